The number of nitrogens with zero attached hydrogens (tertiary/aromatic N) is 1. The minimum absolute atomic E-state index is 0.00354. The summed E-state index contributed by atoms with van der Waals surface area (Å²) in [6.07, 6.45) is 2.18. The highest BCUT2D eigenvalue weighted by molar-refractivity contribution is 5.78. The molecule has 2 saturated heterocycles. The van der Waals surface area contributed by atoms with E-state index in [2.05, 4.69) is 0 Å². The number of ether oxygens (including phenoxy) is 2. The van der Waals surface area contributed by atoms with E-state index in [0.717, 1.165) is 36.3 Å². The predicted molar refractivity (Wildman–Crippen MR) is 91.1 cm³/mol. The van der Waals surface area contributed by atoms with Gasteiger partial charge in [-0.05, 0) is 50.3 Å². The first-order valence-corrected chi connectivity index (χ1v) is 8.81. The number of carbonyl (C=O) groups excluding carboxylic acids is 1. The molecule has 132 valence electrons. The van der Waals surface area contributed by atoms with Gasteiger partial charge in [-0.15, -0.1) is 0 Å². The van der Waals surface area contributed by atoms with Crippen LogP contribution in [-0.2, 0) is 9.53 Å². The van der Waals surface area contributed by atoms with Crippen molar-refractivity contribution < 1.29 is 19.4 Å². The molecule has 1 aromatic rings. The number of aliphatic hydroxyl groups is 1. The van der Waals surface area contributed by atoms with Crippen molar-refractivity contribution in [2.45, 2.75) is 45.3 Å². The molecule has 0 saturated carbocycles. The molecule has 0 radical (unpaired) electrons. The van der Waals surface area contributed by atoms with Gasteiger partial charge >= 0.3 is 0 Å². The van der Waals surface area contributed by atoms with Crippen molar-refractivity contribution >= 4 is 5.91 Å². The lowest BCUT2D eigenvalue weighted by Crippen LogP contribution is -2.49. The van der Waals surface area contributed by atoms with Crippen LogP contribution in [0.5, 0.6) is 5.75 Å². The summed E-state index contributed by atoms with van der Waals surface area (Å²) in [5.74, 6) is 0.780. The van der Waals surface area contributed by atoms with Crippen molar-refractivity contribution in [3.63, 3.8) is 0 Å². The standard InChI is InChI=1S/C19H27NO4/c1-13-5-6-14(2)18(10-13)24-12-19(22)20-8-3-4-16(20)15-11-23-9-7-17(15)21/h5-6,10,15-17,21H,3-4,7-9,11-12H2,1-2H3/t15-,16-,17+/m1/s1. The van der Waals surface area contributed by atoms with Gasteiger partial charge in [0, 0.05) is 25.1 Å². The zero-order valence-electron chi connectivity index (χ0n) is 14.5. The van der Waals surface area contributed by atoms with Crippen LogP contribution in [0.3, 0.4) is 0 Å². The molecule has 2 fully saturated rings. The van der Waals surface area contributed by atoms with Gasteiger partial charge in [-0.25, -0.2) is 0 Å². The van der Waals surface area contributed by atoms with E-state index in [0.29, 0.717) is 19.6 Å². The molecule has 0 unspecified atom stereocenters. The van der Waals surface area contributed by atoms with Gasteiger partial charge in [0.25, 0.3) is 5.91 Å². The minimum atomic E-state index is -0.378. The van der Waals surface area contributed by atoms with E-state index in [1.165, 1.54) is 0 Å². The van der Waals surface area contributed by atoms with E-state index >= 15 is 0 Å². The number of rotatable bonds is 4. The number of carbonyl (C=O) groups is 1. The summed E-state index contributed by atoms with van der Waals surface area (Å²) in [6, 6.07) is 6.06. The lowest BCUT2D eigenvalue weighted by Gasteiger charge is -2.36. The molecule has 24 heavy (non-hydrogen) atoms. The van der Waals surface area contributed by atoms with Gasteiger partial charge in [0.2, 0.25) is 0 Å². The molecular formula is C19H27NO4. The van der Waals surface area contributed by atoms with Crippen molar-refractivity contribution in [3.8, 4) is 5.75 Å². The first-order chi connectivity index (χ1) is 11.6. The Hall–Kier alpha value is -1.59. The van der Waals surface area contributed by atoms with Crippen LogP contribution in [0.1, 0.15) is 30.4 Å². The van der Waals surface area contributed by atoms with Crippen molar-refractivity contribution in [2.75, 3.05) is 26.4 Å². The number of hydrogen-bond donors (Lipinski definition) is 1. The van der Waals surface area contributed by atoms with Crippen LogP contribution in [0, 0.1) is 19.8 Å². The summed E-state index contributed by atoms with van der Waals surface area (Å²) >= 11 is 0. The molecule has 2 aliphatic heterocycles. The van der Waals surface area contributed by atoms with Crippen molar-refractivity contribution in [3.05, 3.63) is 29.3 Å². The third-order valence-electron chi connectivity index (χ3n) is 5.17. The zero-order chi connectivity index (χ0) is 17.1. The summed E-state index contributed by atoms with van der Waals surface area (Å²) in [4.78, 5) is 14.5. The molecule has 1 amide bonds. The molecule has 5 heteroatoms. The average Bonchev–Trinajstić information content (AvgIpc) is 3.05. The second-order valence-electron chi connectivity index (χ2n) is 6.95. The van der Waals surface area contributed by atoms with Crippen LogP contribution >= 0.6 is 0 Å². The van der Waals surface area contributed by atoms with Crippen molar-refractivity contribution in [1.29, 1.82) is 0 Å². The fourth-order valence-corrected chi connectivity index (χ4v) is 3.75. The van der Waals surface area contributed by atoms with E-state index in [-0.39, 0.29) is 30.6 Å². The highest BCUT2D eigenvalue weighted by Gasteiger charge is 2.39. The molecule has 0 bridgehead atoms. The summed E-state index contributed by atoms with van der Waals surface area (Å²) < 4.78 is 11.3. The van der Waals surface area contributed by atoms with Gasteiger partial charge in [-0.3, -0.25) is 4.79 Å². The third-order valence-corrected chi connectivity index (χ3v) is 5.17. The molecule has 3 rings (SSSR count). The molecule has 5 nitrogen and oxygen atoms in total. The molecule has 1 N–H and O–H groups in total. The number of hydrogen-bond acceptors (Lipinski definition) is 4. The van der Waals surface area contributed by atoms with Crippen LogP contribution in [-0.4, -0.2) is 54.4 Å². The smallest absolute Gasteiger partial charge is 0.260 e. The molecule has 1 aromatic carbocycles. The predicted octanol–water partition coefficient (Wildman–Crippen LogP) is 2.07. The Morgan fingerprint density at radius 3 is 3.00 bits per heavy atom. The molecule has 2 aliphatic rings. The lowest BCUT2D eigenvalue weighted by molar-refractivity contribution is -0.138. The quantitative estimate of drug-likeness (QED) is 0.916. The van der Waals surface area contributed by atoms with E-state index in [9.17, 15) is 9.90 Å². The molecule has 0 aromatic heterocycles. The number of aryl methyl sites for hydroxylation is 2. The van der Waals surface area contributed by atoms with Gasteiger partial charge in [-0.1, -0.05) is 12.1 Å². The Morgan fingerprint density at radius 1 is 1.38 bits per heavy atom. The fourth-order valence-electron chi connectivity index (χ4n) is 3.75. The van der Waals surface area contributed by atoms with Crippen LogP contribution in [0.15, 0.2) is 18.2 Å². The second-order valence-corrected chi connectivity index (χ2v) is 6.95. The Labute approximate surface area is 143 Å². The summed E-state index contributed by atoms with van der Waals surface area (Å²) in [7, 11) is 0. The molecule has 0 spiro atoms. The maximum absolute atomic E-state index is 12.7. The summed E-state index contributed by atoms with van der Waals surface area (Å²) in [6.45, 7) is 5.91. The topological polar surface area (TPSA) is 59.0 Å². The van der Waals surface area contributed by atoms with Crippen molar-refractivity contribution in [2.24, 2.45) is 5.92 Å². The molecule has 2 heterocycles. The Kier molecular flexibility index (Phi) is 5.41. The monoisotopic (exact) mass is 333 g/mol. The Balaban J connectivity index is 1.62. The molecule has 0 aliphatic carbocycles. The van der Waals surface area contributed by atoms with Gasteiger partial charge < -0.3 is 19.5 Å². The molecular weight excluding hydrogens is 306 g/mol. The van der Waals surface area contributed by atoms with Crippen LogP contribution in [0.2, 0.25) is 0 Å². The first-order valence-electron chi connectivity index (χ1n) is 8.81. The van der Waals surface area contributed by atoms with Crippen LogP contribution in [0.4, 0.5) is 0 Å². The number of aliphatic hydroxyl groups excluding tert-OH is 1. The van der Waals surface area contributed by atoms with Gasteiger partial charge in [0.15, 0.2) is 6.61 Å². The maximum Gasteiger partial charge on any atom is 0.260 e. The average molecular weight is 333 g/mol. The normalized spacial score (nSPS) is 27.3. The van der Waals surface area contributed by atoms with Crippen molar-refractivity contribution in [1.82, 2.24) is 4.90 Å². The number of benzene rings is 1. The molecule has 3 atom stereocenters. The van der Waals surface area contributed by atoms with E-state index in [1.54, 1.807) is 0 Å². The largest absolute Gasteiger partial charge is 0.483 e. The minimum Gasteiger partial charge on any atom is -0.483 e. The van der Waals surface area contributed by atoms with Crippen LogP contribution in [0.25, 0.3) is 0 Å². The first kappa shape index (κ1) is 17.2. The third kappa shape index (κ3) is 3.73. The van der Waals surface area contributed by atoms with E-state index in [1.807, 2.05) is 36.9 Å². The number of likely N-dealkylation sites (tertiary alicyclic amines) is 1. The Morgan fingerprint density at radius 2 is 2.21 bits per heavy atom. The summed E-state index contributed by atoms with van der Waals surface area (Å²) in [5, 5.41) is 10.3. The maximum atomic E-state index is 12.7. The van der Waals surface area contributed by atoms with Gasteiger partial charge in [-0.2, -0.15) is 0 Å². The second kappa shape index (κ2) is 7.53. The Bertz CT molecular complexity index is 589. The van der Waals surface area contributed by atoms with Crippen LogP contribution < -0.4 is 4.74 Å². The SMILES string of the molecule is Cc1ccc(C)c(OCC(=O)N2CCC[C@@H]2[C@H]2COCC[C@@H]2O)c1. The zero-order valence-corrected chi connectivity index (χ0v) is 14.5. The van der Waals surface area contributed by atoms with E-state index < -0.39 is 0 Å². The fraction of sp³-hybridized carbons (Fsp3) is 0.632. The summed E-state index contributed by atoms with van der Waals surface area (Å²) in [5.41, 5.74) is 2.15. The van der Waals surface area contributed by atoms with Gasteiger partial charge in [0.05, 0.1) is 12.7 Å². The lowest BCUT2D eigenvalue weighted by atomic mass is 9.89. The van der Waals surface area contributed by atoms with E-state index in [4.69, 9.17) is 9.47 Å². The van der Waals surface area contributed by atoms with Gasteiger partial charge in [0.1, 0.15) is 5.75 Å². The highest BCUT2D eigenvalue weighted by Crippen LogP contribution is 2.30. The highest BCUT2D eigenvalue weighted by atomic mass is 16.5. The number of amides is 1.